The fourth-order valence-electron chi connectivity index (χ4n) is 4.37. The highest BCUT2D eigenvalue weighted by molar-refractivity contribution is 5.96. The Morgan fingerprint density at radius 3 is 2.41 bits per heavy atom. The lowest BCUT2D eigenvalue weighted by molar-refractivity contribution is -0.274. The van der Waals surface area contributed by atoms with Crippen LogP contribution in [0.25, 0.3) is 11.2 Å². The van der Waals surface area contributed by atoms with Crippen molar-refractivity contribution >= 4 is 23.2 Å². The van der Waals surface area contributed by atoms with Gasteiger partial charge in [0.25, 0.3) is 5.91 Å². The Labute approximate surface area is 190 Å². The molecule has 4 heterocycles. The summed E-state index contributed by atoms with van der Waals surface area (Å²) >= 11 is 0. The van der Waals surface area contributed by atoms with Crippen molar-refractivity contribution in [3.63, 3.8) is 0 Å². The second-order valence-electron chi connectivity index (χ2n) is 8.29. The van der Waals surface area contributed by atoms with Crippen LogP contribution in [-0.4, -0.2) is 74.7 Å². The summed E-state index contributed by atoms with van der Waals surface area (Å²) in [6.45, 7) is 1.90. The second kappa shape index (κ2) is 8.47. The molecule has 2 saturated heterocycles. The molecule has 2 aromatic heterocycles. The highest BCUT2D eigenvalue weighted by Crippen LogP contribution is 2.32. The number of H-pyrrole nitrogens is 1. The van der Waals surface area contributed by atoms with Crippen molar-refractivity contribution < 1.29 is 32.2 Å². The molecule has 0 aliphatic carbocycles. The average Bonchev–Trinajstić information content (AvgIpc) is 3.51. The first-order chi connectivity index (χ1) is 16.2. The van der Waals surface area contributed by atoms with Crippen molar-refractivity contribution in [3.05, 3.63) is 47.7 Å². The molecule has 0 spiro atoms. The summed E-state index contributed by atoms with van der Waals surface area (Å²) in [5.41, 5.74) is 2.00. The summed E-state index contributed by atoms with van der Waals surface area (Å²) in [6.07, 6.45) is -3.77. The number of nitrogens with zero attached hydrogens (tertiary/aromatic N) is 5. The summed E-state index contributed by atoms with van der Waals surface area (Å²) in [4.78, 5) is 32.8. The van der Waals surface area contributed by atoms with Crippen LogP contribution < -0.4 is 4.74 Å². The predicted octanol–water partition coefficient (Wildman–Crippen LogP) is 2.59. The van der Waals surface area contributed by atoms with Gasteiger partial charge in [0.1, 0.15) is 17.9 Å². The van der Waals surface area contributed by atoms with E-state index in [1.165, 1.54) is 30.5 Å². The molecule has 5 rings (SSSR count). The number of pyridine rings is 1. The largest absolute Gasteiger partial charge is 0.573 e. The first kappa shape index (κ1) is 21.9. The molecule has 2 amide bonds. The topological polar surface area (TPSA) is 114 Å². The van der Waals surface area contributed by atoms with Gasteiger partial charge in [-0.2, -0.15) is 0 Å². The number of benzene rings is 1. The summed E-state index contributed by atoms with van der Waals surface area (Å²) in [7, 11) is 0. The van der Waals surface area contributed by atoms with Gasteiger partial charge in [0, 0.05) is 44.2 Å². The van der Waals surface area contributed by atoms with Crippen LogP contribution in [0.4, 0.5) is 18.0 Å². The Morgan fingerprint density at radius 2 is 1.74 bits per heavy atom. The van der Waals surface area contributed by atoms with Crippen LogP contribution in [0.3, 0.4) is 0 Å². The first-order valence-electron chi connectivity index (χ1n) is 10.5. The number of hydrogen-bond acceptors (Lipinski definition) is 7. The van der Waals surface area contributed by atoms with Crippen molar-refractivity contribution in [3.8, 4) is 5.75 Å². The van der Waals surface area contributed by atoms with Gasteiger partial charge in [-0.15, -0.1) is 18.3 Å². The van der Waals surface area contributed by atoms with Crippen molar-refractivity contribution in [2.75, 3.05) is 26.2 Å². The molecule has 0 radical (unpaired) electrons. The van der Waals surface area contributed by atoms with Gasteiger partial charge < -0.3 is 19.3 Å². The molecule has 0 saturated carbocycles. The summed E-state index contributed by atoms with van der Waals surface area (Å²) in [5.74, 6) is -0.206. The van der Waals surface area contributed by atoms with Crippen molar-refractivity contribution in [2.45, 2.75) is 13.0 Å². The minimum atomic E-state index is -4.76. The fraction of sp³-hybridized carbons (Fsp3) is 0.381. The quantitative estimate of drug-likeness (QED) is 0.616. The number of amides is 2. The lowest BCUT2D eigenvalue weighted by Crippen LogP contribution is -2.35. The fourth-order valence-corrected chi connectivity index (χ4v) is 4.37. The third-order valence-corrected chi connectivity index (χ3v) is 5.98. The lowest BCUT2D eigenvalue weighted by atomic mass is 10.0. The zero-order valence-electron chi connectivity index (χ0n) is 17.7. The van der Waals surface area contributed by atoms with Gasteiger partial charge in [-0.05, 0) is 23.8 Å². The number of aromatic nitrogens is 4. The smallest absolute Gasteiger partial charge is 0.445 e. The highest BCUT2D eigenvalue weighted by Gasteiger charge is 2.43. The number of ether oxygens (including phenoxy) is 2. The molecule has 2 atom stereocenters. The van der Waals surface area contributed by atoms with Gasteiger partial charge >= 0.3 is 12.5 Å². The number of alkyl halides is 3. The molecule has 34 heavy (non-hydrogen) atoms. The number of carbonyl (C=O) groups excluding carboxylic acids is 2. The van der Waals surface area contributed by atoms with Gasteiger partial charge in [-0.25, -0.2) is 14.9 Å². The van der Waals surface area contributed by atoms with Gasteiger partial charge in [-0.1, -0.05) is 17.3 Å². The predicted molar refractivity (Wildman–Crippen MR) is 109 cm³/mol. The van der Waals surface area contributed by atoms with E-state index in [0.29, 0.717) is 48.5 Å². The van der Waals surface area contributed by atoms with Crippen LogP contribution in [0.1, 0.15) is 15.9 Å². The lowest BCUT2D eigenvalue weighted by Gasteiger charge is -2.21. The summed E-state index contributed by atoms with van der Waals surface area (Å²) < 4.78 is 45.8. The molecule has 0 bridgehead atoms. The summed E-state index contributed by atoms with van der Waals surface area (Å²) in [5, 5.41) is 10.2. The molecular formula is C21H19F3N6O4. The van der Waals surface area contributed by atoms with Crippen LogP contribution in [0.5, 0.6) is 5.75 Å². The maximum atomic E-state index is 12.9. The van der Waals surface area contributed by atoms with Crippen molar-refractivity contribution in [1.82, 2.24) is 30.2 Å². The Hall–Kier alpha value is -3.90. The molecule has 13 heteroatoms. The Bertz CT molecular complexity index is 1200. The molecule has 1 aromatic carbocycles. The normalized spacial score (nSPS) is 20.0. The maximum absolute atomic E-state index is 12.9. The Morgan fingerprint density at radius 1 is 1.06 bits per heavy atom. The molecule has 3 aromatic rings. The number of halogens is 3. The number of aromatic amines is 1. The number of fused-ring (bicyclic) bond motifs is 2. The highest BCUT2D eigenvalue weighted by atomic mass is 19.4. The molecular weight excluding hydrogens is 457 g/mol. The average molecular weight is 476 g/mol. The number of carbonyl (C=O) groups is 2. The van der Waals surface area contributed by atoms with Gasteiger partial charge in [0.05, 0.1) is 5.56 Å². The van der Waals surface area contributed by atoms with E-state index in [2.05, 4.69) is 25.1 Å². The van der Waals surface area contributed by atoms with E-state index in [9.17, 15) is 22.8 Å². The summed E-state index contributed by atoms with van der Waals surface area (Å²) in [6, 6.07) is 6.79. The maximum Gasteiger partial charge on any atom is 0.573 e. The number of hydrogen-bond donors (Lipinski definition) is 1. The zero-order valence-corrected chi connectivity index (χ0v) is 17.7. The molecule has 2 aliphatic heterocycles. The van der Waals surface area contributed by atoms with Crippen molar-refractivity contribution in [2.24, 2.45) is 11.8 Å². The third-order valence-electron chi connectivity index (χ3n) is 5.98. The SMILES string of the molecule is O=C(OCc1ccc(OC(F)(F)F)cc1)N1C[C@@H]2CN(C(=O)c3cnc4[nH]nnc4c3)C[C@H]2C1. The van der Waals surface area contributed by atoms with E-state index < -0.39 is 12.5 Å². The number of likely N-dealkylation sites (tertiary alicyclic amines) is 2. The van der Waals surface area contributed by atoms with Crippen LogP contribution >= 0.6 is 0 Å². The number of rotatable bonds is 4. The van der Waals surface area contributed by atoms with E-state index in [-0.39, 0.29) is 30.1 Å². The van der Waals surface area contributed by atoms with Crippen molar-refractivity contribution in [1.29, 1.82) is 0 Å². The molecule has 178 valence electrons. The molecule has 2 aliphatic rings. The molecule has 0 unspecified atom stereocenters. The zero-order chi connectivity index (χ0) is 23.9. The van der Waals surface area contributed by atoms with E-state index in [4.69, 9.17) is 4.74 Å². The van der Waals surface area contributed by atoms with E-state index in [1.54, 1.807) is 15.9 Å². The van der Waals surface area contributed by atoms with Crippen LogP contribution in [-0.2, 0) is 11.3 Å². The van der Waals surface area contributed by atoms with E-state index in [0.717, 1.165) is 0 Å². The Kier molecular flexibility index (Phi) is 5.46. The monoisotopic (exact) mass is 476 g/mol. The van der Waals surface area contributed by atoms with Gasteiger partial charge in [0.15, 0.2) is 5.65 Å². The van der Waals surface area contributed by atoms with Crippen LogP contribution in [0, 0.1) is 11.8 Å². The third kappa shape index (κ3) is 4.58. The van der Waals surface area contributed by atoms with E-state index >= 15 is 0 Å². The number of nitrogens with one attached hydrogen (secondary N) is 1. The second-order valence-corrected chi connectivity index (χ2v) is 8.29. The standard InChI is InChI=1S/C21H19F3N6O4/c22-21(23,24)34-16-3-1-12(2-4-16)11-33-20(32)30-9-14-7-29(8-15(14)10-30)19(31)13-5-17-18(25-6-13)27-28-26-17/h1-6,14-15H,7-11H2,(H,25,26,27,28)/t14-,15-/m0/s1. The van der Waals surface area contributed by atoms with Crippen LogP contribution in [0.15, 0.2) is 36.5 Å². The molecule has 2 fully saturated rings. The Balaban J connectivity index is 1.11. The van der Waals surface area contributed by atoms with Gasteiger partial charge in [0.2, 0.25) is 0 Å². The molecule has 1 N–H and O–H groups in total. The van der Waals surface area contributed by atoms with Crippen LogP contribution in [0.2, 0.25) is 0 Å². The molecule has 10 nitrogen and oxygen atoms in total. The first-order valence-corrected chi connectivity index (χ1v) is 10.5. The van der Waals surface area contributed by atoms with Gasteiger partial charge in [-0.3, -0.25) is 4.79 Å². The van der Waals surface area contributed by atoms with E-state index in [1.807, 2.05) is 0 Å². The minimum Gasteiger partial charge on any atom is -0.445 e. The minimum absolute atomic E-state index is 0.0703.